The summed E-state index contributed by atoms with van der Waals surface area (Å²) in [6.07, 6.45) is 3.75. The predicted octanol–water partition coefficient (Wildman–Crippen LogP) is 1.77. The molecule has 0 atom stereocenters. The van der Waals surface area contributed by atoms with Gasteiger partial charge >= 0.3 is 0 Å². The molecule has 4 heteroatoms. The lowest BCUT2D eigenvalue weighted by molar-refractivity contribution is 0.310. The topological polar surface area (TPSA) is 42.7 Å². The Balaban J connectivity index is 2.42. The van der Waals surface area contributed by atoms with Crippen molar-refractivity contribution in [2.45, 2.75) is 46.6 Å². The Bertz CT molecular complexity index is 315. The van der Waals surface area contributed by atoms with E-state index < -0.39 is 0 Å². The van der Waals surface area contributed by atoms with E-state index in [0.717, 1.165) is 25.2 Å². The highest BCUT2D eigenvalue weighted by atomic mass is 15.3. The minimum absolute atomic E-state index is 0.267. The van der Waals surface area contributed by atoms with Crippen LogP contribution in [-0.4, -0.2) is 27.4 Å². The van der Waals surface area contributed by atoms with Crippen LogP contribution in [0.25, 0.3) is 0 Å². The Kier molecular flexibility index (Phi) is 4.47. The molecule has 0 aliphatic heterocycles. The van der Waals surface area contributed by atoms with Crippen molar-refractivity contribution in [3.8, 4) is 0 Å². The Morgan fingerprint density at radius 1 is 1.44 bits per heavy atom. The van der Waals surface area contributed by atoms with Gasteiger partial charge in [0.2, 0.25) is 0 Å². The lowest BCUT2D eigenvalue weighted by atomic mass is 9.85. The molecule has 0 radical (unpaired) electrons. The van der Waals surface area contributed by atoms with Crippen LogP contribution in [0.4, 0.5) is 0 Å². The van der Waals surface area contributed by atoms with Crippen molar-refractivity contribution >= 4 is 0 Å². The first-order chi connectivity index (χ1) is 7.41. The fraction of sp³-hybridized carbons (Fsp3) is 0.833. The van der Waals surface area contributed by atoms with Gasteiger partial charge < -0.3 is 5.32 Å². The Labute approximate surface area is 98.5 Å². The molecular weight excluding hydrogens is 200 g/mol. The van der Waals surface area contributed by atoms with E-state index in [1.165, 1.54) is 0 Å². The van der Waals surface area contributed by atoms with Crippen molar-refractivity contribution in [1.29, 1.82) is 0 Å². The number of hydrogen-bond acceptors (Lipinski definition) is 3. The van der Waals surface area contributed by atoms with Crippen LogP contribution in [0.1, 0.15) is 39.9 Å². The van der Waals surface area contributed by atoms with Crippen molar-refractivity contribution in [3.63, 3.8) is 0 Å². The maximum absolute atomic E-state index is 4.28. The van der Waals surface area contributed by atoms with Crippen LogP contribution in [0.15, 0.2) is 6.33 Å². The molecule has 0 aliphatic carbocycles. The van der Waals surface area contributed by atoms with Crippen molar-refractivity contribution < 1.29 is 0 Å². The lowest BCUT2D eigenvalue weighted by Gasteiger charge is -2.24. The average molecular weight is 224 g/mol. The molecule has 0 fully saturated rings. The van der Waals surface area contributed by atoms with E-state index in [9.17, 15) is 0 Å². The predicted molar refractivity (Wildman–Crippen MR) is 66.2 cm³/mol. The number of hydrogen-bond donors (Lipinski definition) is 1. The summed E-state index contributed by atoms with van der Waals surface area (Å²) in [5, 5.41) is 7.55. The van der Waals surface area contributed by atoms with Crippen LogP contribution in [0.2, 0.25) is 0 Å². The van der Waals surface area contributed by atoms with Gasteiger partial charge in [0.25, 0.3) is 0 Å². The normalized spacial score (nSPS) is 12.4. The summed E-state index contributed by atoms with van der Waals surface area (Å²) in [5.41, 5.74) is 0.267. The molecule has 1 rings (SSSR count). The summed E-state index contributed by atoms with van der Waals surface area (Å²) in [6.45, 7) is 9.97. The molecule has 1 aromatic rings. The number of aromatic nitrogens is 3. The summed E-state index contributed by atoms with van der Waals surface area (Å²) < 4.78 is 1.86. The third-order valence-electron chi connectivity index (χ3n) is 2.80. The summed E-state index contributed by atoms with van der Waals surface area (Å²) in [5.74, 6) is 1.06. The SMILES string of the molecule is CC(C)NCCC(C)(C)Cc1ncnn1C. The summed E-state index contributed by atoms with van der Waals surface area (Å²) in [6, 6.07) is 0.561. The van der Waals surface area contributed by atoms with Gasteiger partial charge in [0.1, 0.15) is 12.2 Å². The minimum Gasteiger partial charge on any atom is -0.315 e. The van der Waals surface area contributed by atoms with Gasteiger partial charge in [-0.3, -0.25) is 4.68 Å². The van der Waals surface area contributed by atoms with E-state index in [1.54, 1.807) is 6.33 Å². The van der Waals surface area contributed by atoms with Gasteiger partial charge in [-0.1, -0.05) is 27.7 Å². The molecule has 0 amide bonds. The quantitative estimate of drug-likeness (QED) is 0.801. The molecule has 1 aromatic heterocycles. The molecule has 0 aromatic carbocycles. The molecule has 0 unspecified atom stereocenters. The molecule has 1 N–H and O–H groups in total. The van der Waals surface area contributed by atoms with E-state index >= 15 is 0 Å². The molecule has 0 aliphatic rings. The first-order valence-corrected chi connectivity index (χ1v) is 5.97. The Hall–Kier alpha value is -0.900. The average Bonchev–Trinajstić information content (AvgIpc) is 2.50. The fourth-order valence-electron chi connectivity index (χ4n) is 1.70. The maximum atomic E-state index is 4.28. The van der Waals surface area contributed by atoms with Gasteiger partial charge in [-0.15, -0.1) is 0 Å². The summed E-state index contributed by atoms with van der Waals surface area (Å²) in [7, 11) is 1.95. The van der Waals surface area contributed by atoms with Gasteiger partial charge in [-0.25, -0.2) is 4.98 Å². The van der Waals surface area contributed by atoms with E-state index in [2.05, 4.69) is 43.1 Å². The molecule has 92 valence electrons. The standard InChI is InChI=1S/C12H24N4/c1-10(2)13-7-6-12(3,4)8-11-14-9-15-16(11)5/h9-10,13H,6-8H2,1-5H3. The molecule has 1 heterocycles. The minimum atomic E-state index is 0.267. The number of aryl methyl sites for hydroxylation is 1. The van der Waals surface area contributed by atoms with Gasteiger partial charge in [-0.05, 0) is 18.4 Å². The molecule has 0 saturated carbocycles. The number of rotatable bonds is 6. The van der Waals surface area contributed by atoms with Crippen LogP contribution in [0, 0.1) is 5.41 Å². The second-order valence-electron chi connectivity index (χ2n) is 5.50. The molecule has 0 spiro atoms. The van der Waals surface area contributed by atoms with E-state index in [4.69, 9.17) is 0 Å². The Morgan fingerprint density at radius 2 is 2.12 bits per heavy atom. The van der Waals surface area contributed by atoms with Crippen molar-refractivity contribution in [2.75, 3.05) is 6.54 Å². The lowest BCUT2D eigenvalue weighted by Crippen LogP contribution is -2.29. The largest absolute Gasteiger partial charge is 0.315 e. The van der Waals surface area contributed by atoms with Crippen LogP contribution < -0.4 is 5.32 Å². The fourth-order valence-corrected chi connectivity index (χ4v) is 1.70. The van der Waals surface area contributed by atoms with Gasteiger partial charge in [0.15, 0.2) is 0 Å². The zero-order valence-corrected chi connectivity index (χ0v) is 11.1. The second kappa shape index (κ2) is 5.43. The monoisotopic (exact) mass is 224 g/mol. The van der Waals surface area contributed by atoms with Gasteiger partial charge in [0.05, 0.1) is 0 Å². The Morgan fingerprint density at radius 3 is 2.62 bits per heavy atom. The van der Waals surface area contributed by atoms with E-state index in [-0.39, 0.29) is 5.41 Å². The van der Waals surface area contributed by atoms with Crippen LogP contribution in [0.5, 0.6) is 0 Å². The smallest absolute Gasteiger partial charge is 0.138 e. The number of nitrogens with one attached hydrogen (secondary N) is 1. The third kappa shape index (κ3) is 4.31. The number of nitrogens with zero attached hydrogens (tertiary/aromatic N) is 3. The summed E-state index contributed by atoms with van der Waals surface area (Å²) in [4.78, 5) is 4.28. The van der Waals surface area contributed by atoms with E-state index in [0.29, 0.717) is 6.04 Å². The molecule has 0 saturated heterocycles. The summed E-state index contributed by atoms with van der Waals surface area (Å²) >= 11 is 0. The van der Waals surface area contributed by atoms with E-state index in [1.807, 2.05) is 11.7 Å². The van der Waals surface area contributed by atoms with Crippen molar-refractivity contribution in [3.05, 3.63) is 12.2 Å². The highest BCUT2D eigenvalue weighted by Gasteiger charge is 2.20. The van der Waals surface area contributed by atoms with Crippen LogP contribution in [0.3, 0.4) is 0 Å². The molecular formula is C12H24N4. The highest BCUT2D eigenvalue weighted by molar-refractivity contribution is 4.90. The van der Waals surface area contributed by atoms with Gasteiger partial charge in [0, 0.05) is 19.5 Å². The molecule has 16 heavy (non-hydrogen) atoms. The second-order valence-corrected chi connectivity index (χ2v) is 5.50. The van der Waals surface area contributed by atoms with Crippen LogP contribution in [-0.2, 0) is 13.5 Å². The maximum Gasteiger partial charge on any atom is 0.138 e. The first-order valence-electron chi connectivity index (χ1n) is 5.97. The molecule has 4 nitrogen and oxygen atoms in total. The van der Waals surface area contributed by atoms with Crippen molar-refractivity contribution in [1.82, 2.24) is 20.1 Å². The van der Waals surface area contributed by atoms with Gasteiger partial charge in [-0.2, -0.15) is 5.10 Å². The van der Waals surface area contributed by atoms with Crippen LogP contribution >= 0.6 is 0 Å². The zero-order chi connectivity index (χ0) is 12.2. The highest BCUT2D eigenvalue weighted by Crippen LogP contribution is 2.24. The van der Waals surface area contributed by atoms with Crippen molar-refractivity contribution in [2.24, 2.45) is 12.5 Å². The first kappa shape index (κ1) is 13.2. The zero-order valence-electron chi connectivity index (χ0n) is 11.1. The molecule has 0 bridgehead atoms. The third-order valence-corrected chi connectivity index (χ3v) is 2.80.